The molecule has 3 rings (SSSR count). The van der Waals surface area contributed by atoms with E-state index in [2.05, 4.69) is 31.9 Å². The van der Waals surface area contributed by atoms with E-state index in [1.54, 1.807) is 42.5 Å². The zero-order valence-electron chi connectivity index (χ0n) is 18.7. The van der Waals surface area contributed by atoms with Crippen molar-refractivity contribution in [2.75, 3.05) is 30.4 Å². The second-order valence-electron chi connectivity index (χ2n) is 7.37. The van der Waals surface area contributed by atoms with E-state index in [-0.39, 0.29) is 25.0 Å². The molecule has 9 heteroatoms. The minimum Gasteiger partial charge on any atom is -0.491 e. The molecular formula is C25H25BrClN3O4. The van der Waals surface area contributed by atoms with Crippen molar-refractivity contribution in [2.24, 2.45) is 0 Å². The van der Waals surface area contributed by atoms with Gasteiger partial charge in [-0.15, -0.1) is 0 Å². The Hall–Kier alpha value is -3.07. The van der Waals surface area contributed by atoms with Crippen molar-refractivity contribution < 1.29 is 19.4 Å². The number of carbonyl (C=O) groups excluding carboxylic acids is 2. The van der Waals surface area contributed by atoms with Crippen LogP contribution in [0.2, 0.25) is 5.02 Å². The highest BCUT2D eigenvalue weighted by molar-refractivity contribution is 9.10. The van der Waals surface area contributed by atoms with Crippen molar-refractivity contribution in [1.29, 1.82) is 0 Å². The molecule has 2 amide bonds. The van der Waals surface area contributed by atoms with E-state index in [0.717, 1.165) is 10.0 Å². The number of aliphatic hydroxyl groups excluding tert-OH is 1. The Kier molecular flexibility index (Phi) is 8.92. The van der Waals surface area contributed by atoms with Crippen molar-refractivity contribution in [3.63, 3.8) is 0 Å². The number of aryl methyl sites for hydroxylation is 1. The van der Waals surface area contributed by atoms with Gasteiger partial charge in [-0.05, 0) is 74.0 Å². The van der Waals surface area contributed by atoms with Gasteiger partial charge < -0.3 is 25.8 Å². The third-order valence-corrected chi connectivity index (χ3v) is 5.67. The predicted molar refractivity (Wildman–Crippen MR) is 139 cm³/mol. The summed E-state index contributed by atoms with van der Waals surface area (Å²) >= 11 is 9.90. The Morgan fingerprint density at radius 2 is 1.79 bits per heavy atom. The summed E-state index contributed by atoms with van der Waals surface area (Å²) < 4.78 is 6.21. The molecule has 3 aromatic carbocycles. The smallest absolute Gasteiger partial charge is 0.319 e. The summed E-state index contributed by atoms with van der Waals surface area (Å²) in [6.45, 7) is 4.27. The van der Waals surface area contributed by atoms with Gasteiger partial charge in [-0.1, -0.05) is 27.5 Å². The Labute approximate surface area is 211 Å². The van der Waals surface area contributed by atoms with Crippen molar-refractivity contribution in [2.45, 2.75) is 13.8 Å². The molecule has 0 heterocycles. The number of amides is 2. The van der Waals surface area contributed by atoms with Gasteiger partial charge in [0.05, 0.1) is 23.0 Å². The highest BCUT2D eigenvalue weighted by Crippen LogP contribution is 2.31. The predicted octanol–water partition coefficient (Wildman–Crippen LogP) is 5.90. The molecule has 0 fully saturated rings. The summed E-state index contributed by atoms with van der Waals surface area (Å²) in [5, 5.41) is 17.9. The monoisotopic (exact) mass is 545 g/mol. The van der Waals surface area contributed by atoms with Crippen LogP contribution in [-0.2, 0) is 0 Å². The van der Waals surface area contributed by atoms with Gasteiger partial charge in [-0.3, -0.25) is 4.79 Å². The summed E-state index contributed by atoms with van der Waals surface area (Å²) in [5.41, 5.74) is 3.53. The molecule has 0 unspecified atom stereocenters. The number of ether oxygens (including phenoxy) is 1. The first-order chi connectivity index (χ1) is 16.3. The van der Waals surface area contributed by atoms with Crippen molar-refractivity contribution in [1.82, 2.24) is 5.32 Å². The maximum atomic E-state index is 13.1. The lowest BCUT2D eigenvalue weighted by Gasteiger charge is -2.15. The molecule has 0 aromatic heterocycles. The van der Waals surface area contributed by atoms with Gasteiger partial charge in [0.1, 0.15) is 12.4 Å². The first-order valence-electron chi connectivity index (χ1n) is 10.6. The first kappa shape index (κ1) is 25.6. The minimum absolute atomic E-state index is 0.0839. The highest BCUT2D eigenvalue weighted by atomic mass is 79.9. The first-order valence-corrected chi connectivity index (χ1v) is 11.8. The molecule has 0 spiro atoms. The average molecular weight is 547 g/mol. The number of hydrogen-bond donors (Lipinski definition) is 4. The molecule has 0 atom stereocenters. The lowest BCUT2D eigenvalue weighted by molar-refractivity contribution is 0.103. The van der Waals surface area contributed by atoms with Crippen LogP contribution < -0.4 is 20.7 Å². The third-order valence-electron chi connectivity index (χ3n) is 4.86. The SMILES string of the molecule is CCNC(=O)Nc1cc(Br)ccc1Nc1ccc(C(=O)c2ccc(OCCO)cc2C)c(Cl)c1. The van der Waals surface area contributed by atoms with Gasteiger partial charge in [0.2, 0.25) is 0 Å². The molecule has 178 valence electrons. The number of hydrogen-bond acceptors (Lipinski definition) is 5. The third kappa shape index (κ3) is 6.50. The van der Waals surface area contributed by atoms with Crippen LogP contribution in [0.3, 0.4) is 0 Å². The average Bonchev–Trinajstić information content (AvgIpc) is 2.79. The van der Waals surface area contributed by atoms with Crippen LogP contribution in [0.25, 0.3) is 0 Å². The molecule has 3 aromatic rings. The fourth-order valence-corrected chi connectivity index (χ4v) is 3.91. The Balaban J connectivity index is 1.81. The Morgan fingerprint density at radius 1 is 1.03 bits per heavy atom. The number of anilines is 3. The normalized spacial score (nSPS) is 10.5. The number of nitrogens with one attached hydrogen (secondary N) is 3. The van der Waals surface area contributed by atoms with E-state index in [0.29, 0.717) is 45.5 Å². The second kappa shape index (κ2) is 11.9. The van der Waals surface area contributed by atoms with E-state index in [4.69, 9.17) is 21.4 Å². The number of carbonyl (C=O) groups is 2. The van der Waals surface area contributed by atoms with Crippen LogP contribution in [0.4, 0.5) is 21.9 Å². The van der Waals surface area contributed by atoms with Crippen LogP contribution in [0.1, 0.15) is 28.4 Å². The molecule has 0 radical (unpaired) electrons. The number of rotatable bonds is 9. The van der Waals surface area contributed by atoms with E-state index in [9.17, 15) is 9.59 Å². The van der Waals surface area contributed by atoms with Crippen LogP contribution in [0.15, 0.2) is 59.1 Å². The Morgan fingerprint density at radius 3 is 2.47 bits per heavy atom. The van der Waals surface area contributed by atoms with E-state index in [1.807, 2.05) is 26.0 Å². The van der Waals surface area contributed by atoms with Gasteiger partial charge in [-0.2, -0.15) is 0 Å². The van der Waals surface area contributed by atoms with Crippen LogP contribution in [0.5, 0.6) is 5.75 Å². The standard InChI is InChI=1S/C25H25BrClN3O4/c1-3-28-25(33)30-23-13-16(26)4-9-22(23)29-17-5-7-20(21(27)14-17)24(32)19-8-6-18(12-15(19)2)34-11-10-31/h4-9,12-14,29,31H,3,10-11H2,1-2H3,(H2,28,30,33). The fourth-order valence-electron chi connectivity index (χ4n) is 3.28. The molecule has 0 saturated carbocycles. The van der Waals surface area contributed by atoms with Crippen molar-refractivity contribution in [3.8, 4) is 5.75 Å². The summed E-state index contributed by atoms with van der Waals surface area (Å²) in [6.07, 6.45) is 0. The lowest BCUT2D eigenvalue weighted by Crippen LogP contribution is -2.28. The Bertz CT molecular complexity index is 1200. The van der Waals surface area contributed by atoms with E-state index in [1.165, 1.54) is 0 Å². The summed E-state index contributed by atoms with van der Waals surface area (Å²) in [6, 6.07) is 15.4. The van der Waals surface area contributed by atoms with Gasteiger partial charge >= 0.3 is 6.03 Å². The molecule has 0 aliphatic carbocycles. The number of halogens is 2. The van der Waals surface area contributed by atoms with Crippen LogP contribution in [-0.4, -0.2) is 36.7 Å². The number of urea groups is 1. The van der Waals surface area contributed by atoms with Gasteiger partial charge in [0.25, 0.3) is 0 Å². The van der Waals surface area contributed by atoms with E-state index < -0.39 is 0 Å². The molecule has 0 bridgehead atoms. The van der Waals surface area contributed by atoms with Gasteiger partial charge in [0.15, 0.2) is 5.78 Å². The maximum absolute atomic E-state index is 13.1. The molecular weight excluding hydrogens is 522 g/mol. The lowest BCUT2D eigenvalue weighted by atomic mass is 9.98. The number of ketones is 1. The molecule has 34 heavy (non-hydrogen) atoms. The minimum atomic E-state index is -0.314. The van der Waals surface area contributed by atoms with Gasteiger partial charge in [0, 0.05) is 27.8 Å². The summed E-state index contributed by atoms with van der Waals surface area (Å²) in [4.78, 5) is 25.1. The maximum Gasteiger partial charge on any atom is 0.319 e. The van der Waals surface area contributed by atoms with Crippen LogP contribution in [0, 0.1) is 6.92 Å². The zero-order chi connectivity index (χ0) is 24.7. The number of aliphatic hydroxyl groups is 1. The van der Waals surface area contributed by atoms with Crippen molar-refractivity contribution >= 4 is 56.4 Å². The quantitative estimate of drug-likeness (QED) is 0.251. The molecule has 0 aliphatic rings. The molecule has 4 N–H and O–H groups in total. The van der Waals surface area contributed by atoms with E-state index >= 15 is 0 Å². The van der Waals surface area contributed by atoms with Gasteiger partial charge in [-0.25, -0.2) is 4.79 Å². The molecule has 0 saturated heterocycles. The highest BCUT2D eigenvalue weighted by Gasteiger charge is 2.17. The topological polar surface area (TPSA) is 99.7 Å². The fraction of sp³-hybridized carbons (Fsp3) is 0.200. The zero-order valence-corrected chi connectivity index (χ0v) is 21.1. The summed E-state index contributed by atoms with van der Waals surface area (Å²) in [7, 11) is 0. The number of benzene rings is 3. The van der Waals surface area contributed by atoms with Crippen LogP contribution >= 0.6 is 27.5 Å². The summed E-state index contributed by atoms with van der Waals surface area (Å²) in [5.74, 6) is 0.380. The molecule has 7 nitrogen and oxygen atoms in total. The second-order valence-corrected chi connectivity index (χ2v) is 8.69. The van der Waals surface area contributed by atoms with Crippen molar-refractivity contribution in [3.05, 3.63) is 80.8 Å². The molecule has 0 aliphatic heterocycles. The largest absolute Gasteiger partial charge is 0.491 e.